The fraction of sp³-hybridized carbons (Fsp3) is 0.0769. The minimum atomic E-state index is -0.0550. The summed E-state index contributed by atoms with van der Waals surface area (Å²) in [7, 11) is 0. The number of pyridine rings is 2. The largest absolute Gasteiger partial charge is 0.247 e. The van der Waals surface area contributed by atoms with Crippen molar-refractivity contribution >= 4 is 38.1 Å². The third-order valence-corrected chi connectivity index (χ3v) is 9.20. The van der Waals surface area contributed by atoms with E-state index in [0.29, 0.717) is 0 Å². The zero-order valence-corrected chi connectivity index (χ0v) is 23.5. The molecule has 5 aromatic carbocycles. The van der Waals surface area contributed by atoms with Gasteiger partial charge < -0.3 is 0 Å². The van der Waals surface area contributed by atoms with E-state index in [9.17, 15) is 0 Å². The van der Waals surface area contributed by atoms with Crippen molar-refractivity contribution in [1.29, 1.82) is 0 Å². The van der Waals surface area contributed by atoms with Gasteiger partial charge in [-0.2, -0.15) is 5.10 Å². The van der Waals surface area contributed by atoms with Crippen LogP contribution in [0.15, 0.2) is 128 Å². The summed E-state index contributed by atoms with van der Waals surface area (Å²) in [6.07, 6.45) is 2.13. The molecular weight excluding hydrogens is 510 g/mol. The summed E-state index contributed by atoms with van der Waals surface area (Å²) in [5, 5.41) is 9.67. The Labute approximate surface area is 243 Å². The van der Waals surface area contributed by atoms with Crippen molar-refractivity contribution < 1.29 is 0 Å². The Morgan fingerprint density at radius 3 is 2.24 bits per heavy atom. The van der Waals surface area contributed by atoms with Crippen molar-refractivity contribution in [2.24, 2.45) is 0 Å². The van der Waals surface area contributed by atoms with E-state index in [1.54, 1.807) is 0 Å². The quantitative estimate of drug-likeness (QED) is 0.205. The maximum absolute atomic E-state index is 5.29. The topological polar surface area (TPSA) is 30.2 Å². The fourth-order valence-corrected chi connectivity index (χ4v) is 7.15. The van der Waals surface area contributed by atoms with Crippen molar-refractivity contribution in [3.63, 3.8) is 0 Å². The number of hydrogen-bond acceptors (Lipinski definition) is 2. The SMILES string of the molecule is CC1(C)c2ccccc2-c2c1ccc1c(-c3cccc(-c4ccc5c6ccccc6nn5c4)c3)nc3ccccc3c21. The van der Waals surface area contributed by atoms with Gasteiger partial charge in [0.05, 0.1) is 22.2 Å². The molecule has 198 valence electrons. The van der Waals surface area contributed by atoms with Crippen molar-refractivity contribution in [2.45, 2.75) is 19.3 Å². The van der Waals surface area contributed by atoms with E-state index < -0.39 is 0 Å². The molecule has 1 aliphatic rings. The lowest BCUT2D eigenvalue weighted by Crippen LogP contribution is -2.14. The van der Waals surface area contributed by atoms with Gasteiger partial charge in [0.1, 0.15) is 0 Å². The van der Waals surface area contributed by atoms with Crippen LogP contribution in [0.4, 0.5) is 0 Å². The van der Waals surface area contributed by atoms with Crippen LogP contribution in [-0.2, 0) is 5.41 Å². The van der Waals surface area contributed by atoms with Crippen LogP contribution in [-0.4, -0.2) is 14.6 Å². The lowest BCUT2D eigenvalue weighted by molar-refractivity contribution is 0.661. The van der Waals surface area contributed by atoms with Crippen molar-refractivity contribution in [3.05, 3.63) is 139 Å². The van der Waals surface area contributed by atoms with Crippen molar-refractivity contribution in [2.75, 3.05) is 0 Å². The standard InChI is InChI=1S/C39H27N3/c1-39(2)31-15-6-3-12-27(31)37-32(39)20-19-30-36(37)29-14-5-7-16-33(29)40-38(30)25-11-9-10-24(22-25)26-18-21-35-28-13-4-8-17-34(28)41-42(35)23-26/h3-23H,1-2H3. The second-order valence-electron chi connectivity index (χ2n) is 11.9. The summed E-state index contributed by atoms with van der Waals surface area (Å²) >= 11 is 0. The molecule has 0 unspecified atom stereocenters. The van der Waals surface area contributed by atoms with Gasteiger partial charge in [-0.3, -0.25) is 0 Å². The highest BCUT2D eigenvalue weighted by Gasteiger charge is 2.36. The summed E-state index contributed by atoms with van der Waals surface area (Å²) in [5.74, 6) is 0. The van der Waals surface area contributed by atoms with E-state index in [4.69, 9.17) is 10.1 Å². The van der Waals surface area contributed by atoms with Gasteiger partial charge in [0.15, 0.2) is 0 Å². The second-order valence-corrected chi connectivity index (χ2v) is 11.9. The number of hydrogen-bond donors (Lipinski definition) is 0. The molecule has 42 heavy (non-hydrogen) atoms. The van der Waals surface area contributed by atoms with Crippen molar-refractivity contribution in [3.8, 4) is 33.5 Å². The molecule has 0 fully saturated rings. The van der Waals surface area contributed by atoms with Crippen LogP contribution in [0.3, 0.4) is 0 Å². The lowest BCUT2D eigenvalue weighted by atomic mass is 9.81. The van der Waals surface area contributed by atoms with Gasteiger partial charge in [-0.25, -0.2) is 9.50 Å². The van der Waals surface area contributed by atoms with Crippen molar-refractivity contribution in [1.82, 2.24) is 14.6 Å². The predicted molar refractivity (Wildman–Crippen MR) is 174 cm³/mol. The van der Waals surface area contributed by atoms with Gasteiger partial charge in [0.2, 0.25) is 0 Å². The minimum Gasteiger partial charge on any atom is -0.247 e. The molecule has 0 bridgehead atoms. The molecule has 0 amide bonds. The molecule has 3 heteroatoms. The molecule has 0 atom stereocenters. The first-order chi connectivity index (χ1) is 20.6. The summed E-state index contributed by atoms with van der Waals surface area (Å²) in [6.45, 7) is 4.69. The maximum Gasteiger partial charge on any atom is 0.0933 e. The molecule has 3 aromatic heterocycles. The predicted octanol–water partition coefficient (Wildman–Crippen LogP) is 9.83. The number of fused-ring (bicyclic) bond motifs is 10. The molecule has 0 spiro atoms. The van der Waals surface area contributed by atoms with Crippen LogP contribution in [0.1, 0.15) is 25.0 Å². The average Bonchev–Trinajstić information content (AvgIpc) is 3.52. The van der Waals surface area contributed by atoms with Crippen LogP contribution in [0, 0.1) is 0 Å². The van der Waals surface area contributed by atoms with Gasteiger partial charge in [-0.1, -0.05) is 111 Å². The molecule has 0 saturated carbocycles. The van der Waals surface area contributed by atoms with Crippen LogP contribution < -0.4 is 0 Å². The average molecular weight is 538 g/mol. The normalized spacial score (nSPS) is 13.7. The first-order valence-electron chi connectivity index (χ1n) is 14.5. The van der Waals surface area contributed by atoms with Gasteiger partial charge in [0, 0.05) is 44.3 Å². The zero-order chi connectivity index (χ0) is 28.0. The number of nitrogens with zero attached hydrogens (tertiary/aromatic N) is 3. The van der Waals surface area contributed by atoms with E-state index in [1.807, 2.05) is 10.6 Å². The summed E-state index contributed by atoms with van der Waals surface area (Å²) < 4.78 is 2.00. The monoisotopic (exact) mass is 537 g/mol. The highest BCUT2D eigenvalue weighted by atomic mass is 15.2. The zero-order valence-electron chi connectivity index (χ0n) is 23.5. The Bertz CT molecular complexity index is 2390. The molecule has 3 heterocycles. The van der Waals surface area contributed by atoms with E-state index in [-0.39, 0.29) is 5.41 Å². The molecule has 8 aromatic rings. The first kappa shape index (κ1) is 23.4. The van der Waals surface area contributed by atoms with Crippen LogP contribution >= 0.6 is 0 Å². The molecule has 3 nitrogen and oxygen atoms in total. The number of rotatable bonds is 2. The van der Waals surface area contributed by atoms with Gasteiger partial charge in [0.25, 0.3) is 0 Å². The Balaban J connectivity index is 1.29. The third kappa shape index (κ3) is 3.16. The van der Waals surface area contributed by atoms with Gasteiger partial charge in [-0.15, -0.1) is 0 Å². The summed E-state index contributed by atoms with van der Waals surface area (Å²) in [5.41, 5.74) is 12.9. The maximum atomic E-state index is 5.29. The Morgan fingerprint density at radius 2 is 1.33 bits per heavy atom. The number of aromatic nitrogens is 3. The van der Waals surface area contributed by atoms with E-state index in [1.165, 1.54) is 43.8 Å². The Hall–Kier alpha value is -5.28. The van der Waals surface area contributed by atoms with E-state index >= 15 is 0 Å². The molecular formula is C39H27N3. The van der Waals surface area contributed by atoms with Crippen LogP contribution in [0.2, 0.25) is 0 Å². The third-order valence-electron chi connectivity index (χ3n) is 9.20. The van der Waals surface area contributed by atoms with E-state index in [2.05, 4.69) is 135 Å². The molecule has 9 rings (SSSR count). The van der Waals surface area contributed by atoms with Crippen LogP contribution in [0.5, 0.6) is 0 Å². The van der Waals surface area contributed by atoms with E-state index in [0.717, 1.165) is 38.9 Å². The molecule has 0 N–H and O–H groups in total. The number of para-hydroxylation sites is 1. The molecule has 0 saturated heterocycles. The lowest BCUT2D eigenvalue weighted by Gasteiger charge is -2.22. The second kappa shape index (κ2) is 8.37. The highest BCUT2D eigenvalue weighted by molar-refractivity contribution is 6.19. The Kier molecular flexibility index (Phi) is 4.67. The molecule has 0 radical (unpaired) electrons. The van der Waals surface area contributed by atoms with Gasteiger partial charge >= 0.3 is 0 Å². The molecule has 0 aliphatic heterocycles. The smallest absolute Gasteiger partial charge is 0.0933 e. The van der Waals surface area contributed by atoms with Gasteiger partial charge in [-0.05, 0) is 52.1 Å². The van der Waals surface area contributed by atoms with Crippen LogP contribution in [0.25, 0.3) is 71.6 Å². The fourth-order valence-electron chi connectivity index (χ4n) is 7.15. The number of benzene rings is 5. The summed E-state index contributed by atoms with van der Waals surface area (Å²) in [6, 6.07) is 43.5. The summed E-state index contributed by atoms with van der Waals surface area (Å²) in [4.78, 5) is 5.29. The first-order valence-corrected chi connectivity index (χ1v) is 14.5. The molecule has 1 aliphatic carbocycles. The minimum absolute atomic E-state index is 0.0550. The highest BCUT2D eigenvalue weighted by Crippen LogP contribution is 2.53. The Morgan fingerprint density at radius 1 is 0.571 bits per heavy atom.